The van der Waals surface area contributed by atoms with Crippen LogP contribution in [0.5, 0.6) is 11.5 Å². The average molecular weight is 404 g/mol. The number of amides is 1. The summed E-state index contributed by atoms with van der Waals surface area (Å²) in [5.41, 5.74) is 1.90. The zero-order valence-corrected chi connectivity index (χ0v) is 16.4. The fourth-order valence-electron chi connectivity index (χ4n) is 2.71. The maximum Gasteiger partial charge on any atom is 0.260 e. The van der Waals surface area contributed by atoms with Gasteiger partial charge in [0.2, 0.25) is 0 Å². The van der Waals surface area contributed by atoms with Crippen LogP contribution in [-0.4, -0.2) is 29.9 Å². The third-order valence-electron chi connectivity index (χ3n) is 4.21. The highest BCUT2D eigenvalue weighted by Crippen LogP contribution is 2.25. The predicted molar refractivity (Wildman–Crippen MR) is 105 cm³/mol. The van der Waals surface area contributed by atoms with Crippen molar-refractivity contribution in [1.82, 2.24) is 9.78 Å². The first kappa shape index (κ1) is 19.7. The number of carbonyl (C=O) groups is 1. The first-order valence-corrected chi connectivity index (χ1v) is 8.81. The van der Waals surface area contributed by atoms with Gasteiger partial charge in [-0.1, -0.05) is 17.7 Å². The predicted octanol–water partition coefficient (Wildman–Crippen LogP) is 4.30. The molecule has 3 aromatic rings. The topological polar surface area (TPSA) is 65.4 Å². The van der Waals surface area contributed by atoms with E-state index in [4.69, 9.17) is 21.1 Å². The Morgan fingerprint density at radius 2 is 1.96 bits per heavy atom. The van der Waals surface area contributed by atoms with E-state index < -0.39 is 5.82 Å². The van der Waals surface area contributed by atoms with Gasteiger partial charge < -0.3 is 14.8 Å². The molecule has 0 aliphatic carbocycles. The van der Waals surface area contributed by atoms with E-state index in [1.807, 2.05) is 6.92 Å². The van der Waals surface area contributed by atoms with Crippen molar-refractivity contribution in [2.45, 2.75) is 13.5 Å². The summed E-state index contributed by atoms with van der Waals surface area (Å²) >= 11 is 6.09. The second kappa shape index (κ2) is 8.31. The van der Waals surface area contributed by atoms with Crippen LogP contribution in [0.25, 0.3) is 0 Å². The molecule has 146 valence electrons. The van der Waals surface area contributed by atoms with E-state index >= 15 is 0 Å². The van der Waals surface area contributed by atoms with E-state index in [1.54, 1.807) is 35.0 Å². The second-order valence-electron chi connectivity index (χ2n) is 6.08. The lowest BCUT2D eigenvalue weighted by Gasteiger charge is -2.10. The van der Waals surface area contributed by atoms with Crippen molar-refractivity contribution in [2.24, 2.45) is 0 Å². The molecule has 0 spiro atoms. The zero-order valence-electron chi connectivity index (χ0n) is 15.6. The van der Waals surface area contributed by atoms with Gasteiger partial charge >= 0.3 is 0 Å². The minimum atomic E-state index is -0.396. The van der Waals surface area contributed by atoms with Gasteiger partial charge in [-0.3, -0.25) is 9.48 Å². The first-order valence-electron chi connectivity index (χ1n) is 8.43. The number of anilines is 1. The molecule has 2 aromatic carbocycles. The SMILES string of the molecule is COc1ccc(C(=O)Nc2cc(C)n(Cc3ccc(F)cc3Cl)n2)c(OC)c1. The van der Waals surface area contributed by atoms with Gasteiger partial charge in [0.05, 0.1) is 26.3 Å². The Balaban J connectivity index is 1.79. The van der Waals surface area contributed by atoms with E-state index in [0.717, 1.165) is 11.3 Å². The van der Waals surface area contributed by atoms with Gasteiger partial charge in [-0.05, 0) is 36.8 Å². The molecule has 0 radical (unpaired) electrons. The Labute approximate surface area is 166 Å². The molecule has 1 N–H and O–H groups in total. The van der Waals surface area contributed by atoms with Gasteiger partial charge in [-0.15, -0.1) is 0 Å². The Morgan fingerprint density at radius 1 is 1.18 bits per heavy atom. The first-order chi connectivity index (χ1) is 13.4. The molecule has 1 amide bonds. The van der Waals surface area contributed by atoms with Crippen LogP contribution in [0.4, 0.5) is 10.2 Å². The van der Waals surface area contributed by atoms with Gasteiger partial charge in [-0.25, -0.2) is 4.39 Å². The molecule has 0 atom stereocenters. The highest BCUT2D eigenvalue weighted by Gasteiger charge is 2.16. The smallest absolute Gasteiger partial charge is 0.260 e. The molecule has 1 aromatic heterocycles. The van der Waals surface area contributed by atoms with E-state index in [1.165, 1.54) is 26.4 Å². The van der Waals surface area contributed by atoms with Crippen LogP contribution in [-0.2, 0) is 6.54 Å². The average Bonchev–Trinajstić information content (AvgIpc) is 3.02. The number of ether oxygens (including phenoxy) is 2. The van der Waals surface area contributed by atoms with Crippen molar-refractivity contribution in [1.29, 1.82) is 0 Å². The fraction of sp³-hybridized carbons (Fsp3) is 0.200. The number of rotatable bonds is 6. The molecule has 0 aliphatic rings. The minimum absolute atomic E-state index is 0.323. The van der Waals surface area contributed by atoms with Crippen LogP contribution in [0.15, 0.2) is 42.5 Å². The van der Waals surface area contributed by atoms with Crippen LogP contribution in [0.3, 0.4) is 0 Å². The molecule has 8 heteroatoms. The minimum Gasteiger partial charge on any atom is -0.497 e. The number of hydrogen-bond donors (Lipinski definition) is 1. The Kier molecular flexibility index (Phi) is 5.84. The molecular weight excluding hydrogens is 385 g/mol. The molecule has 3 rings (SSSR count). The summed E-state index contributed by atoms with van der Waals surface area (Å²) in [5, 5.41) is 7.47. The molecule has 0 saturated heterocycles. The molecule has 0 unspecified atom stereocenters. The number of halogens is 2. The number of methoxy groups -OCH3 is 2. The number of carbonyl (C=O) groups excluding carboxylic acids is 1. The summed E-state index contributed by atoms with van der Waals surface area (Å²) in [7, 11) is 3.02. The van der Waals surface area contributed by atoms with E-state index in [-0.39, 0.29) is 5.91 Å². The van der Waals surface area contributed by atoms with Crippen LogP contribution in [0.1, 0.15) is 21.6 Å². The van der Waals surface area contributed by atoms with Gasteiger partial charge in [0.25, 0.3) is 5.91 Å². The van der Waals surface area contributed by atoms with Crippen molar-refractivity contribution in [2.75, 3.05) is 19.5 Å². The van der Waals surface area contributed by atoms with Gasteiger partial charge in [0, 0.05) is 22.8 Å². The second-order valence-corrected chi connectivity index (χ2v) is 6.49. The number of aromatic nitrogens is 2. The van der Waals surface area contributed by atoms with Gasteiger partial charge in [0.15, 0.2) is 5.82 Å². The lowest BCUT2D eigenvalue weighted by molar-refractivity contribution is 0.102. The molecule has 28 heavy (non-hydrogen) atoms. The summed E-state index contributed by atoms with van der Waals surface area (Å²) in [6, 6.07) is 10.9. The van der Waals surface area contributed by atoms with Crippen LogP contribution >= 0.6 is 11.6 Å². The normalized spacial score (nSPS) is 10.6. The van der Waals surface area contributed by atoms with Gasteiger partial charge in [-0.2, -0.15) is 5.10 Å². The molecule has 0 aliphatic heterocycles. The number of nitrogens with one attached hydrogen (secondary N) is 1. The maximum absolute atomic E-state index is 13.2. The lowest BCUT2D eigenvalue weighted by Crippen LogP contribution is -2.14. The Morgan fingerprint density at radius 3 is 2.64 bits per heavy atom. The zero-order chi connectivity index (χ0) is 20.3. The summed E-state index contributed by atoms with van der Waals surface area (Å²) in [6.07, 6.45) is 0. The monoisotopic (exact) mass is 403 g/mol. The van der Waals surface area contributed by atoms with E-state index in [9.17, 15) is 9.18 Å². The maximum atomic E-state index is 13.2. The number of benzene rings is 2. The van der Waals surface area contributed by atoms with Crippen molar-refractivity contribution in [3.8, 4) is 11.5 Å². The molecule has 0 saturated carbocycles. The van der Waals surface area contributed by atoms with Crippen LogP contribution in [0, 0.1) is 12.7 Å². The van der Waals surface area contributed by atoms with E-state index in [2.05, 4.69) is 10.4 Å². The van der Waals surface area contributed by atoms with Gasteiger partial charge in [0.1, 0.15) is 17.3 Å². The Bertz CT molecular complexity index is 1020. The fourth-order valence-corrected chi connectivity index (χ4v) is 2.94. The van der Waals surface area contributed by atoms with Crippen molar-refractivity contribution in [3.05, 3.63) is 70.1 Å². The molecule has 0 bridgehead atoms. The third kappa shape index (κ3) is 4.26. The van der Waals surface area contributed by atoms with Crippen molar-refractivity contribution < 1.29 is 18.7 Å². The van der Waals surface area contributed by atoms with Crippen LogP contribution in [0.2, 0.25) is 5.02 Å². The summed E-state index contributed by atoms with van der Waals surface area (Å²) in [6.45, 7) is 2.21. The molecular formula is C20H19ClFN3O3. The number of aryl methyl sites for hydroxylation is 1. The standard InChI is InChI=1S/C20H19ClFN3O3/c1-12-8-19(24-25(12)11-13-4-5-14(22)9-17(13)21)23-20(26)16-7-6-15(27-2)10-18(16)28-3/h4-10H,11H2,1-3H3,(H,23,24,26). The highest BCUT2D eigenvalue weighted by molar-refractivity contribution is 6.31. The molecule has 0 fully saturated rings. The van der Waals surface area contributed by atoms with E-state index in [0.29, 0.717) is 34.4 Å². The summed E-state index contributed by atoms with van der Waals surface area (Å²) < 4.78 is 25.3. The van der Waals surface area contributed by atoms with Crippen LogP contribution < -0.4 is 14.8 Å². The molecule has 1 heterocycles. The highest BCUT2D eigenvalue weighted by atomic mass is 35.5. The quantitative estimate of drug-likeness (QED) is 0.666. The van der Waals surface area contributed by atoms with Crippen molar-refractivity contribution in [3.63, 3.8) is 0 Å². The Hall–Kier alpha value is -3.06. The largest absolute Gasteiger partial charge is 0.497 e. The molecule has 6 nitrogen and oxygen atoms in total. The number of hydrogen-bond acceptors (Lipinski definition) is 4. The summed E-state index contributed by atoms with van der Waals surface area (Å²) in [5.74, 6) is 0.616. The lowest BCUT2D eigenvalue weighted by atomic mass is 10.1. The number of nitrogens with zero attached hydrogens (tertiary/aromatic N) is 2. The summed E-state index contributed by atoms with van der Waals surface area (Å²) in [4.78, 5) is 12.6. The van der Waals surface area contributed by atoms with Crippen molar-refractivity contribution >= 4 is 23.3 Å². The third-order valence-corrected chi connectivity index (χ3v) is 4.56.